The second kappa shape index (κ2) is 7.08. The summed E-state index contributed by atoms with van der Waals surface area (Å²) in [5.41, 5.74) is 1.19. The highest BCUT2D eigenvalue weighted by Gasteiger charge is 2.27. The van der Waals surface area contributed by atoms with Gasteiger partial charge in [0.15, 0.2) is 0 Å². The maximum Gasteiger partial charge on any atom is 0.320 e. The topological polar surface area (TPSA) is 39.3 Å². The van der Waals surface area contributed by atoms with Gasteiger partial charge in [0.1, 0.15) is 5.75 Å². The first kappa shape index (κ1) is 15.9. The maximum atomic E-state index is 12.6. The molecule has 126 valence electrons. The molecule has 2 heterocycles. The molecule has 23 heavy (non-hydrogen) atoms. The molecule has 0 radical (unpaired) electrons. The molecule has 0 unspecified atom stereocenters. The van der Waals surface area contributed by atoms with Crippen molar-refractivity contribution in [2.75, 3.05) is 71.4 Å². The number of rotatable bonds is 2. The normalized spacial score (nSPS) is 19.8. The Kier molecular flexibility index (Phi) is 4.91. The Morgan fingerprint density at radius 2 is 1.39 bits per heavy atom. The van der Waals surface area contributed by atoms with Crippen LogP contribution in [0.4, 0.5) is 10.5 Å². The van der Waals surface area contributed by atoms with Gasteiger partial charge in [0.25, 0.3) is 0 Å². The van der Waals surface area contributed by atoms with Crippen molar-refractivity contribution >= 4 is 11.7 Å². The molecule has 0 N–H and O–H groups in total. The number of urea groups is 1. The van der Waals surface area contributed by atoms with Crippen molar-refractivity contribution in [2.45, 2.75) is 0 Å². The molecule has 0 aromatic heterocycles. The van der Waals surface area contributed by atoms with Crippen LogP contribution < -0.4 is 9.64 Å². The van der Waals surface area contributed by atoms with Gasteiger partial charge in [-0.2, -0.15) is 0 Å². The summed E-state index contributed by atoms with van der Waals surface area (Å²) < 4.78 is 5.20. The molecule has 2 aliphatic rings. The smallest absolute Gasteiger partial charge is 0.320 e. The highest BCUT2D eigenvalue weighted by molar-refractivity contribution is 5.75. The number of carbonyl (C=O) groups is 1. The van der Waals surface area contributed by atoms with Gasteiger partial charge in [-0.25, -0.2) is 4.79 Å². The van der Waals surface area contributed by atoms with Crippen LogP contribution in [0.2, 0.25) is 0 Å². The van der Waals surface area contributed by atoms with Crippen molar-refractivity contribution < 1.29 is 9.53 Å². The number of hydrogen-bond donors (Lipinski definition) is 0. The molecular weight excluding hydrogens is 292 g/mol. The van der Waals surface area contributed by atoms with Gasteiger partial charge >= 0.3 is 6.03 Å². The number of ether oxygens (including phenoxy) is 1. The zero-order valence-corrected chi connectivity index (χ0v) is 14.1. The molecule has 2 aliphatic heterocycles. The van der Waals surface area contributed by atoms with Crippen LogP contribution in [-0.2, 0) is 0 Å². The minimum atomic E-state index is 0.201. The summed E-state index contributed by atoms with van der Waals surface area (Å²) in [6, 6.07) is 8.33. The second-order valence-corrected chi connectivity index (χ2v) is 6.25. The lowest BCUT2D eigenvalue weighted by Crippen LogP contribution is -2.56. The number of benzene rings is 1. The van der Waals surface area contributed by atoms with E-state index in [1.54, 1.807) is 7.11 Å². The fourth-order valence-electron chi connectivity index (χ4n) is 3.15. The Bertz CT molecular complexity index is 518. The van der Waals surface area contributed by atoms with Crippen molar-refractivity contribution in [2.24, 2.45) is 0 Å². The van der Waals surface area contributed by atoms with E-state index in [2.05, 4.69) is 29.0 Å². The average molecular weight is 318 g/mol. The van der Waals surface area contributed by atoms with Crippen molar-refractivity contribution in [1.29, 1.82) is 0 Å². The summed E-state index contributed by atoms with van der Waals surface area (Å²) in [4.78, 5) is 21.2. The minimum Gasteiger partial charge on any atom is -0.497 e. The summed E-state index contributed by atoms with van der Waals surface area (Å²) in [6.07, 6.45) is 0. The van der Waals surface area contributed by atoms with E-state index >= 15 is 0 Å². The molecule has 0 spiro atoms. The highest BCUT2D eigenvalue weighted by atomic mass is 16.5. The van der Waals surface area contributed by atoms with Crippen LogP contribution in [0, 0.1) is 0 Å². The lowest BCUT2D eigenvalue weighted by atomic mass is 10.2. The summed E-state index contributed by atoms with van der Waals surface area (Å²) >= 11 is 0. The van der Waals surface area contributed by atoms with Crippen LogP contribution in [0.3, 0.4) is 0 Å². The highest BCUT2D eigenvalue weighted by Crippen LogP contribution is 2.21. The molecule has 0 aliphatic carbocycles. The van der Waals surface area contributed by atoms with Gasteiger partial charge in [0.2, 0.25) is 0 Å². The summed E-state index contributed by atoms with van der Waals surface area (Å²) in [5.74, 6) is 0.873. The molecule has 0 saturated carbocycles. The predicted octanol–water partition coefficient (Wildman–Crippen LogP) is 1.18. The Morgan fingerprint density at radius 3 is 1.91 bits per heavy atom. The Hall–Kier alpha value is -1.95. The SMILES string of the molecule is COc1ccc(N2CCN(C(=O)N3CCN(C)CC3)CC2)cc1. The van der Waals surface area contributed by atoms with E-state index in [4.69, 9.17) is 4.74 Å². The first-order chi connectivity index (χ1) is 11.2. The van der Waals surface area contributed by atoms with Crippen molar-refractivity contribution in [1.82, 2.24) is 14.7 Å². The molecule has 1 aromatic rings. The number of anilines is 1. The molecule has 3 rings (SSSR count). The van der Waals surface area contributed by atoms with E-state index in [9.17, 15) is 4.79 Å². The van der Waals surface area contributed by atoms with Crippen molar-refractivity contribution in [3.63, 3.8) is 0 Å². The third-order valence-electron chi connectivity index (χ3n) is 4.76. The van der Waals surface area contributed by atoms with Gasteiger partial charge in [-0.3, -0.25) is 0 Å². The van der Waals surface area contributed by atoms with Crippen LogP contribution in [0.25, 0.3) is 0 Å². The Balaban J connectivity index is 1.52. The number of methoxy groups -OCH3 is 1. The molecule has 0 bridgehead atoms. The number of amides is 2. The largest absolute Gasteiger partial charge is 0.497 e. The number of piperazine rings is 2. The average Bonchev–Trinajstić information content (AvgIpc) is 2.62. The molecule has 2 fully saturated rings. The summed E-state index contributed by atoms with van der Waals surface area (Å²) in [6.45, 7) is 6.96. The van der Waals surface area contributed by atoms with Crippen LogP contribution in [0.1, 0.15) is 0 Å². The standard InChI is InChI=1S/C17H26N4O2/c1-18-7-9-20(10-8-18)17(22)21-13-11-19(12-14-21)15-3-5-16(23-2)6-4-15/h3-6H,7-14H2,1-2H3. The van der Waals surface area contributed by atoms with Gasteiger partial charge in [-0.1, -0.05) is 0 Å². The van der Waals surface area contributed by atoms with Crippen LogP contribution in [0.15, 0.2) is 24.3 Å². The van der Waals surface area contributed by atoms with Gasteiger partial charge in [-0.05, 0) is 31.3 Å². The van der Waals surface area contributed by atoms with E-state index in [0.29, 0.717) is 0 Å². The van der Waals surface area contributed by atoms with E-state index in [1.165, 1.54) is 5.69 Å². The van der Waals surface area contributed by atoms with E-state index < -0.39 is 0 Å². The quantitative estimate of drug-likeness (QED) is 0.821. The third kappa shape index (κ3) is 3.69. The fourth-order valence-corrected chi connectivity index (χ4v) is 3.15. The molecular formula is C17H26N4O2. The zero-order valence-electron chi connectivity index (χ0n) is 14.1. The van der Waals surface area contributed by atoms with E-state index in [-0.39, 0.29) is 6.03 Å². The Labute approximate surface area is 138 Å². The lowest BCUT2D eigenvalue weighted by Gasteiger charge is -2.40. The van der Waals surface area contributed by atoms with E-state index in [0.717, 1.165) is 58.1 Å². The van der Waals surface area contributed by atoms with Gasteiger partial charge in [0, 0.05) is 58.0 Å². The molecule has 6 heteroatoms. The maximum absolute atomic E-state index is 12.6. The number of carbonyl (C=O) groups excluding carboxylic acids is 1. The zero-order chi connectivity index (χ0) is 16.2. The monoisotopic (exact) mass is 318 g/mol. The van der Waals surface area contributed by atoms with Crippen molar-refractivity contribution in [3.05, 3.63) is 24.3 Å². The number of likely N-dealkylation sites (N-methyl/N-ethyl adjacent to an activating group) is 1. The molecule has 1 aromatic carbocycles. The second-order valence-electron chi connectivity index (χ2n) is 6.25. The molecule has 0 atom stereocenters. The van der Waals surface area contributed by atoms with Gasteiger partial charge in [0.05, 0.1) is 7.11 Å². The molecule has 6 nitrogen and oxygen atoms in total. The first-order valence-electron chi connectivity index (χ1n) is 8.29. The predicted molar refractivity (Wildman–Crippen MR) is 91.2 cm³/mol. The van der Waals surface area contributed by atoms with Crippen LogP contribution >= 0.6 is 0 Å². The molecule has 2 amide bonds. The first-order valence-corrected chi connectivity index (χ1v) is 8.29. The van der Waals surface area contributed by atoms with Gasteiger partial charge < -0.3 is 24.3 Å². The Morgan fingerprint density at radius 1 is 0.870 bits per heavy atom. The van der Waals surface area contributed by atoms with Crippen LogP contribution in [0.5, 0.6) is 5.75 Å². The fraction of sp³-hybridized carbons (Fsp3) is 0.588. The number of nitrogens with zero attached hydrogens (tertiary/aromatic N) is 4. The number of hydrogen-bond acceptors (Lipinski definition) is 4. The lowest BCUT2D eigenvalue weighted by molar-refractivity contribution is 0.120. The van der Waals surface area contributed by atoms with E-state index in [1.807, 2.05) is 21.9 Å². The summed E-state index contributed by atoms with van der Waals surface area (Å²) in [7, 11) is 3.78. The summed E-state index contributed by atoms with van der Waals surface area (Å²) in [5, 5.41) is 0. The van der Waals surface area contributed by atoms with Crippen molar-refractivity contribution in [3.8, 4) is 5.75 Å². The minimum absolute atomic E-state index is 0.201. The van der Waals surface area contributed by atoms with Gasteiger partial charge in [-0.15, -0.1) is 0 Å². The molecule has 2 saturated heterocycles. The van der Waals surface area contributed by atoms with Crippen LogP contribution in [-0.4, -0.2) is 87.2 Å². The third-order valence-corrected chi connectivity index (χ3v) is 4.76.